The smallest absolute Gasteiger partial charge is 0.271 e. The minimum Gasteiger partial charge on any atom is -0.271 e. The number of piperidine rings is 1. The number of benzene rings is 1. The Morgan fingerprint density at radius 1 is 1.45 bits per heavy atom. The molecule has 0 radical (unpaired) electrons. The zero-order chi connectivity index (χ0) is 14.9. The first-order chi connectivity index (χ1) is 9.29. The van der Waals surface area contributed by atoms with Crippen molar-refractivity contribution in [2.24, 2.45) is 5.92 Å². The van der Waals surface area contributed by atoms with Crippen LogP contribution >= 0.6 is 15.9 Å². The molecule has 112 valence electrons. The zero-order valence-electron chi connectivity index (χ0n) is 11.5. The number of nitrogens with one attached hydrogen (secondary N) is 1. The van der Waals surface area contributed by atoms with E-state index in [1.165, 1.54) is 16.4 Å². The van der Waals surface area contributed by atoms with Crippen molar-refractivity contribution >= 4 is 31.8 Å². The van der Waals surface area contributed by atoms with Crippen LogP contribution in [0.15, 0.2) is 16.6 Å². The number of hydrogen-bond donors (Lipinski definition) is 1. The van der Waals surface area contributed by atoms with Crippen molar-refractivity contribution in [2.75, 3.05) is 17.8 Å². The van der Waals surface area contributed by atoms with Gasteiger partial charge in [0.15, 0.2) is 0 Å². The molecule has 0 bridgehead atoms. The molecule has 1 N–H and O–H groups in total. The van der Waals surface area contributed by atoms with Crippen molar-refractivity contribution in [1.82, 2.24) is 4.31 Å². The van der Waals surface area contributed by atoms with E-state index in [1.807, 2.05) is 6.92 Å². The van der Waals surface area contributed by atoms with E-state index < -0.39 is 16.0 Å². The van der Waals surface area contributed by atoms with Crippen LogP contribution in [0.2, 0.25) is 0 Å². The van der Waals surface area contributed by atoms with E-state index in [2.05, 4.69) is 20.7 Å². The molecule has 1 aliphatic rings. The molecule has 0 saturated carbocycles. The van der Waals surface area contributed by atoms with Crippen LogP contribution in [0.4, 0.5) is 10.1 Å². The number of anilines is 1. The fourth-order valence-electron chi connectivity index (χ4n) is 2.32. The van der Waals surface area contributed by atoms with Gasteiger partial charge in [-0.2, -0.15) is 12.7 Å². The summed E-state index contributed by atoms with van der Waals surface area (Å²) in [7, 11) is -3.58. The summed E-state index contributed by atoms with van der Waals surface area (Å²) < 4.78 is 42.3. The van der Waals surface area contributed by atoms with Crippen LogP contribution in [0.25, 0.3) is 0 Å². The SMILES string of the molecule is Cc1cc(F)c(Br)cc1NS(=O)(=O)N1CCCC(C)C1. The van der Waals surface area contributed by atoms with Crippen molar-refractivity contribution in [2.45, 2.75) is 26.7 Å². The maximum Gasteiger partial charge on any atom is 0.301 e. The standard InChI is InChI=1S/C13H18BrFN2O2S/c1-9-4-3-5-17(8-9)20(18,19)16-13-7-11(14)12(15)6-10(13)2/h6-7,9,16H,3-5,8H2,1-2H3. The van der Waals surface area contributed by atoms with Gasteiger partial charge in [0, 0.05) is 13.1 Å². The van der Waals surface area contributed by atoms with Crippen molar-refractivity contribution in [3.05, 3.63) is 28.0 Å². The number of nitrogens with zero attached hydrogens (tertiary/aromatic N) is 1. The van der Waals surface area contributed by atoms with Crippen LogP contribution in [0.1, 0.15) is 25.3 Å². The first-order valence-corrected chi connectivity index (χ1v) is 8.76. The molecule has 1 aromatic carbocycles. The van der Waals surface area contributed by atoms with Crippen molar-refractivity contribution < 1.29 is 12.8 Å². The molecule has 1 heterocycles. The third kappa shape index (κ3) is 3.51. The fraction of sp³-hybridized carbons (Fsp3) is 0.538. The van der Waals surface area contributed by atoms with E-state index in [0.29, 0.717) is 30.3 Å². The Labute approximate surface area is 127 Å². The molecule has 7 heteroatoms. The number of aryl methyl sites for hydroxylation is 1. The summed E-state index contributed by atoms with van der Waals surface area (Å²) in [5.41, 5.74) is 0.954. The molecule has 1 unspecified atom stereocenters. The molecule has 1 aliphatic heterocycles. The van der Waals surface area contributed by atoms with Crippen LogP contribution in [0.3, 0.4) is 0 Å². The van der Waals surface area contributed by atoms with E-state index >= 15 is 0 Å². The molecule has 0 amide bonds. The monoisotopic (exact) mass is 364 g/mol. The summed E-state index contributed by atoms with van der Waals surface area (Å²) in [6, 6.07) is 2.76. The Bertz CT molecular complexity index is 607. The average Bonchev–Trinajstić information content (AvgIpc) is 2.36. The summed E-state index contributed by atoms with van der Waals surface area (Å²) in [4.78, 5) is 0. The van der Waals surface area contributed by atoms with Gasteiger partial charge < -0.3 is 0 Å². The van der Waals surface area contributed by atoms with Gasteiger partial charge in [0.25, 0.3) is 0 Å². The molecule has 1 fully saturated rings. The number of hydrogen-bond acceptors (Lipinski definition) is 2. The summed E-state index contributed by atoms with van der Waals surface area (Å²) in [6.07, 6.45) is 1.92. The second kappa shape index (κ2) is 5.99. The molecular formula is C13H18BrFN2O2S. The van der Waals surface area contributed by atoms with E-state index in [9.17, 15) is 12.8 Å². The second-order valence-electron chi connectivity index (χ2n) is 5.29. The molecule has 0 aliphatic carbocycles. The van der Waals surface area contributed by atoms with Crippen LogP contribution in [0.5, 0.6) is 0 Å². The van der Waals surface area contributed by atoms with Crippen LogP contribution in [-0.2, 0) is 10.2 Å². The third-order valence-electron chi connectivity index (χ3n) is 3.47. The summed E-state index contributed by atoms with van der Waals surface area (Å²) >= 11 is 3.07. The maximum absolute atomic E-state index is 13.4. The van der Waals surface area contributed by atoms with E-state index in [4.69, 9.17) is 0 Å². The highest BCUT2D eigenvalue weighted by Gasteiger charge is 2.27. The Balaban J connectivity index is 2.22. The fourth-order valence-corrected chi connectivity index (χ4v) is 4.11. The minimum absolute atomic E-state index is 0.243. The molecule has 1 saturated heterocycles. The Hall–Kier alpha value is -0.660. The largest absolute Gasteiger partial charge is 0.301 e. The number of halogens is 2. The van der Waals surface area contributed by atoms with Gasteiger partial charge in [-0.05, 0) is 59.3 Å². The van der Waals surface area contributed by atoms with Crippen molar-refractivity contribution in [1.29, 1.82) is 0 Å². The quantitative estimate of drug-likeness (QED) is 0.894. The van der Waals surface area contributed by atoms with Gasteiger partial charge >= 0.3 is 10.2 Å². The van der Waals surface area contributed by atoms with Gasteiger partial charge in [-0.25, -0.2) is 4.39 Å². The lowest BCUT2D eigenvalue weighted by molar-refractivity contribution is 0.282. The van der Waals surface area contributed by atoms with Gasteiger partial charge in [0.05, 0.1) is 10.2 Å². The van der Waals surface area contributed by atoms with Gasteiger partial charge in [-0.15, -0.1) is 0 Å². The Morgan fingerprint density at radius 2 is 2.15 bits per heavy atom. The molecule has 2 rings (SSSR count). The van der Waals surface area contributed by atoms with Gasteiger partial charge in [-0.1, -0.05) is 6.92 Å². The average molecular weight is 365 g/mol. The first-order valence-electron chi connectivity index (χ1n) is 6.53. The van der Waals surface area contributed by atoms with E-state index in [-0.39, 0.29) is 4.47 Å². The predicted octanol–water partition coefficient (Wildman–Crippen LogP) is 3.29. The second-order valence-corrected chi connectivity index (χ2v) is 7.82. The van der Waals surface area contributed by atoms with Gasteiger partial charge in [-0.3, -0.25) is 4.72 Å². The lowest BCUT2D eigenvalue weighted by atomic mass is 10.0. The molecule has 4 nitrogen and oxygen atoms in total. The third-order valence-corrected chi connectivity index (χ3v) is 5.56. The highest BCUT2D eigenvalue weighted by atomic mass is 79.9. The molecule has 0 spiro atoms. The Morgan fingerprint density at radius 3 is 2.80 bits per heavy atom. The first kappa shape index (κ1) is 15.7. The van der Waals surface area contributed by atoms with Crippen LogP contribution in [0, 0.1) is 18.7 Å². The van der Waals surface area contributed by atoms with Crippen molar-refractivity contribution in [3.63, 3.8) is 0 Å². The lowest BCUT2D eigenvalue weighted by Gasteiger charge is -2.30. The topological polar surface area (TPSA) is 49.4 Å². The highest BCUT2D eigenvalue weighted by molar-refractivity contribution is 9.10. The van der Waals surface area contributed by atoms with E-state index in [0.717, 1.165) is 12.8 Å². The molecule has 20 heavy (non-hydrogen) atoms. The zero-order valence-corrected chi connectivity index (χ0v) is 13.9. The maximum atomic E-state index is 13.4. The van der Waals surface area contributed by atoms with Crippen LogP contribution in [-0.4, -0.2) is 25.8 Å². The molecule has 1 aromatic rings. The summed E-state index contributed by atoms with van der Waals surface area (Å²) in [6.45, 7) is 4.77. The normalized spacial score (nSPS) is 20.9. The summed E-state index contributed by atoms with van der Waals surface area (Å²) in [5.74, 6) is -0.0431. The summed E-state index contributed by atoms with van der Waals surface area (Å²) in [5, 5.41) is 0. The highest BCUT2D eigenvalue weighted by Crippen LogP contribution is 2.26. The van der Waals surface area contributed by atoms with E-state index in [1.54, 1.807) is 6.92 Å². The molecule has 0 aromatic heterocycles. The predicted molar refractivity (Wildman–Crippen MR) is 81.4 cm³/mol. The van der Waals surface area contributed by atoms with Gasteiger partial charge in [0.1, 0.15) is 5.82 Å². The lowest BCUT2D eigenvalue weighted by Crippen LogP contribution is -2.42. The van der Waals surface area contributed by atoms with Crippen LogP contribution < -0.4 is 4.72 Å². The van der Waals surface area contributed by atoms with Crippen molar-refractivity contribution in [3.8, 4) is 0 Å². The molecule has 1 atom stereocenters. The van der Waals surface area contributed by atoms with Gasteiger partial charge in [0.2, 0.25) is 0 Å². The molecular weight excluding hydrogens is 347 g/mol. The minimum atomic E-state index is -3.58. The Kier molecular flexibility index (Phi) is 4.71. The number of rotatable bonds is 3.